The zero-order valence-electron chi connectivity index (χ0n) is 20.6. The largest absolute Gasteiger partial charge is 0.490 e. The lowest BCUT2D eigenvalue weighted by molar-refractivity contribution is 0.130. The Hall–Kier alpha value is -3.49. The fourth-order valence-corrected chi connectivity index (χ4v) is 5.75. The molecule has 2 aromatic carbocycles. The van der Waals surface area contributed by atoms with Crippen LogP contribution in [0.15, 0.2) is 47.4 Å². The van der Waals surface area contributed by atoms with Crippen molar-refractivity contribution in [1.82, 2.24) is 9.80 Å². The van der Waals surface area contributed by atoms with Gasteiger partial charge in [-0.1, -0.05) is 6.07 Å². The molecule has 2 aliphatic rings. The summed E-state index contributed by atoms with van der Waals surface area (Å²) in [6.45, 7) is 3.56. The first-order valence-electron chi connectivity index (χ1n) is 12.0. The average molecular weight is 529 g/mol. The number of nitrogens with two attached hydrogens (primary N) is 2. The van der Waals surface area contributed by atoms with Crippen molar-refractivity contribution in [2.45, 2.75) is 43.6 Å². The van der Waals surface area contributed by atoms with E-state index in [1.54, 1.807) is 34.1 Å². The Morgan fingerprint density at radius 3 is 2.27 bits per heavy atom. The van der Waals surface area contributed by atoms with Crippen molar-refractivity contribution in [2.24, 2.45) is 11.5 Å². The molecule has 0 bridgehead atoms. The molecule has 14 heteroatoms. The minimum absolute atomic E-state index is 0.0324. The highest BCUT2D eigenvalue weighted by molar-refractivity contribution is 7.92. The number of likely N-dealkylation sites (tertiary alicyclic amines) is 1. The normalized spacial score (nSPS) is 16.2. The highest BCUT2D eigenvalue weighted by Crippen LogP contribution is 2.30. The van der Waals surface area contributed by atoms with Crippen LogP contribution in [0.5, 0.6) is 5.75 Å². The Kier molecular flexibility index (Phi) is 7.80. The predicted molar refractivity (Wildman–Crippen MR) is 141 cm³/mol. The van der Waals surface area contributed by atoms with Gasteiger partial charge in [-0.15, -0.1) is 0 Å². The van der Waals surface area contributed by atoms with E-state index in [9.17, 15) is 13.4 Å². The fraction of sp³-hybridized carbons (Fsp3) is 0.391. The lowest BCUT2D eigenvalue weighted by atomic mass is 9.98. The number of piperidine rings is 1. The van der Waals surface area contributed by atoms with Gasteiger partial charge in [-0.2, -0.15) is 12.9 Å². The van der Waals surface area contributed by atoms with Crippen LogP contribution in [0.25, 0.3) is 0 Å². The minimum Gasteiger partial charge on any atom is -0.490 e. The van der Waals surface area contributed by atoms with E-state index in [-0.39, 0.29) is 28.6 Å². The van der Waals surface area contributed by atoms with E-state index in [4.69, 9.17) is 31.8 Å². The molecule has 2 aromatic rings. The van der Waals surface area contributed by atoms with Gasteiger partial charge in [0, 0.05) is 39.0 Å². The summed E-state index contributed by atoms with van der Waals surface area (Å²) in [5.41, 5.74) is 13.3. The standard InChI is InChI=1S/C23H32BN7O5S/c1-24(32)36-31(18-3-2-16-8-11-30(23(27)28)15-17(16)14-18)37(33,34)21-6-4-19(5-7-21)35-20-9-12-29(13-10-20)22(25)26/h2-7,14,20,32H,8-13,15H2,1H3,(H3,25,26)(H3,27,28). The number of hydrogen-bond acceptors (Lipinski definition) is 7. The SMILES string of the molecule is CB(O)ON(c1ccc2c(c1)CN(C(=N)N)CC2)S(=O)(=O)c1ccc(OC2CCN(C(=N)N)CC2)cc1. The van der Waals surface area contributed by atoms with Crippen molar-refractivity contribution in [1.29, 1.82) is 10.8 Å². The Labute approximate surface area is 216 Å². The Balaban J connectivity index is 1.53. The van der Waals surface area contributed by atoms with Gasteiger partial charge < -0.3 is 31.0 Å². The molecule has 0 saturated carbocycles. The molecule has 1 fully saturated rings. The summed E-state index contributed by atoms with van der Waals surface area (Å²) in [6.07, 6.45) is 2.02. The van der Waals surface area contributed by atoms with Crippen molar-refractivity contribution in [2.75, 3.05) is 24.1 Å². The number of hydrogen-bond donors (Lipinski definition) is 5. The van der Waals surface area contributed by atoms with Gasteiger partial charge in [0.2, 0.25) is 0 Å². The summed E-state index contributed by atoms with van der Waals surface area (Å²) in [6, 6.07) is 11.2. The van der Waals surface area contributed by atoms with Gasteiger partial charge in [-0.05, 0) is 60.8 Å². The summed E-state index contributed by atoms with van der Waals surface area (Å²) in [4.78, 5) is 3.45. The van der Waals surface area contributed by atoms with Crippen LogP contribution in [0.4, 0.5) is 5.69 Å². The highest BCUT2D eigenvalue weighted by Gasteiger charge is 2.30. The maximum atomic E-state index is 13.6. The Bertz CT molecular complexity index is 1250. The van der Waals surface area contributed by atoms with Crippen LogP contribution >= 0.6 is 0 Å². The second-order valence-corrected chi connectivity index (χ2v) is 10.9. The van der Waals surface area contributed by atoms with Crippen LogP contribution in [0.2, 0.25) is 6.82 Å². The molecule has 12 nitrogen and oxygen atoms in total. The van der Waals surface area contributed by atoms with E-state index in [2.05, 4.69) is 0 Å². The molecule has 0 aromatic heterocycles. The number of sulfonamides is 1. The van der Waals surface area contributed by atoms with Crippen molar-refractivity contribution in [3.05, 3.63) is 53.6 Å². The number of fused-ring (bicyclic) bond motifs is 1. The van der Waals surface area contributed by atoms with Gasteiger partial charge in [0.1, 0.15) is 11.9 Å². The van der Waals surface area contributed by atoms with Crippen LogP contribution in [0.3, 0.4) is 0 Å². The Morgan fingerprint density at radius 1 is 1.03 bits per heavy atom. The molecular formula is C23H32BN7O5S. The lowest BCUT2D eigenvalue weighted by Gasteiger charge is -2.32. The third-order valence-electron chi connectivity index (χ3n) is 6.43. The van der Waals surface area contributed by atoms with Gasteiger partial charge in [0.05, 0.1) is 10.6 Å². The van der Waals surface area contributed by atoms with E-state index < -0.39 is 17.1 Å². The quantitative estimate of drug-likeness (QED) is 0.151. The monoisotopic (exact) mass is 529 g/mol. The molecule has 0 unspecified atom stereocenters. The molecule has 0 aliphatic carbocycles. The topological polar surface area (TPSA) is 182 Å². The van der Waals surface area contributed by atoms with Crippen LogP contribution in [0.1, 0.15) is 24.0 Å². The predicted octanol–water partition coefficient (Wildman–Crippen LogP) is 0.912. The number of nitrogens with zero attached hydrogens (tertiary/aromatic N) is 3. The smallest absolute Gasteiger partial charge is 0.477 e. The summed E-state index contributed by atoms with van der Waals surface area (Å²) in [5, 5.41) is 25.1. The lowest BCUT2D eigenvalue weighted by Crippen LogP contribution is -2.44. The third kappa shape index (κ3) is 6.09. The van der Waals surface area contributed by atoms with Gasteiger partial charge in [0.15, 0.2) is 11.9 Å². The number of guanidine groups is 2. The summed E-state index contributed by atoms with van der Waals surface area (Å²) < 4.78 is 39.2. The van der Waals surface area contributed by atoms with E-state index in [1.165, 1.54) is 19.0 Å². The van der Waals surface area contributed by atoms with Crippen LogP contribution < -0.4 is 20.7 Å². The number of anilines is 1. The molecule has 0 atom stereocenters. The molecule has 198 valence electrons. The molecule has 0 radical (unpaired) electrons. The minimum atomic E-state index is -4.20. The first-order chi connectivity index (χ1) is 17.5. The van der Waals surface area contributed by atoms with Gasteiger partial charge in [-0.25, -0.2) is 0 Å². The van der Waals surface area contributed by atoms with E-state index in [0.29, 0.717) is 51.2 Å². The fourth-order valence-electron chi connectivity index (χ4n) is 4.45. The summed E-state index contributed by atoms with van der Waals surface area (Å²) in [7, 11) is -5.59. The van der Waals surface area contributed by atoms with Crippen LogP contribution in [-0.2, 0) is 27.7 Å². The molecule has 0 spiro atoms. The second kappa shape index (κ2) is 10.9. The van der Waals surface area contributed by atoms with E-state index in [0.717, 1.165) is 15.6 Å². The summed E-state index contributed by atoms with van der Waals surface area (Å²) >= 11 is 0. The molecular weight excluding hydrogens is 497 g/mol. The molecule has 37 heavy (non-hydrogen) atoms. The maximum Gasteiger partial charge on any atom is 0.477 e. The highest BCUT2D eigenvalue weighted by atomic mass is 32.2. The number of ether oxygens (including phenoxy) is 1. The summed E-state index contributed by atoms with van der Waals surface area (Å²) in [5.74, 6) is 0.529. The zero-order valence-corrected chi connectivity index (χ0v) is 21.4. The Morgan fingerprint density at radius 2 is 1.68 bits per heavy atom. The average Bonchev–Trinajstić information content (AvgIpc) is 2.87. The van der Waals surface area contributed by atoms with Gasteiger partial charge in [0.25, 0.3) is 10.0 Å². The van der Waals surface area contributed by atoms with Crippen molar-refractivity contribution in [3.63, 3.8) is 0 Å². The molecule has 0 amide bonds. The van der Waals surface area contributed by atoms with Crippen LogP contribution in [0, 0.1) is 10.8 Å². The van der Waals surface area contributed by atoms with Gasteiger partial charge >= 0.3 is 7.12 Å². The van der Waals surface area contributed by atoms with Crippen molar-refractivity contribution < 1.29 is 22.9 Å². The number of rotatable bonds is 7. The first-order valence-corrected chi connectivity index (χ1v) is 13.4. The molecule has 7 N–H and O–H groups in total. The first kappa shape index (κ1) is 26.6. The van der Waals surface area contributed by atoms with Crippen molar-refractivity contribution >= 4 is 34.7 Å². The zero-order chi connectivity index (χ0) is 26.7. The number of nitrogens with one attached hydrogen (secondary N) is 2. The third-order valence-corrected chi connectivity index (χ3v) is 8.03. The van der Waals surface area contributed by atoms with E-state index in [1.807, 2.05) is 6.07 Å². The van der Waals surface area contributed by atoms with Gasteiger partial charge in [-0.3, -0.25) is 15.6 Å². The van der Waals surface area contributed by atoms with Crippen LogP contribution in [-0.4, -0.2) is 68.0 Å². The molecule has 2 heterocycles. The maximum absolute atomic E-state index is 13.6. The second-order valence-electron chi connectivity index (χ2n) is 9.11. The molecule has 1 saturated heterocycles. The number of benzene rings is 2. The van der Waals surface area contributed by atoms with Crippen molar-refractivity contribution in [3.8, 4) is 5.75 Å². The van der Waals surface area contributed by atoms with E-state index >= 15 is 0 Å². The molecule has 4 rings (SSSR count). The molecule has 2 aliphatic heterocycles.